The third-order valence-electron chi connectivity index (χ3n) is 2.35. The van der Waals surface area contributed by atoms with Crippen molar-refractivity contribution >= 4 is 17.1 Å². The van der Waals surface area contributed by atoms with Crippen molar-refractivity contribution in [3.63, 3.8) is 0 Å². The van der Waals surface area contributed by atoms with Gasteiger partial charge in [0.25, 0.3) is 5.69 Å². The van der Waals surface area contributed by atoms with Gasteiger partial charge < -0.3 is 0 Å². The predicted octanol–water partition coefficient (Wildman–Crippen LogP) is 3.47. The number of nitro benzene ring substituents is 1. The Kier molecular flexibility index (Phi) is 3.05. The summed E-state index contributed by atoms with van der Waals surface area (Å²) in [5, 5.41) is 14.8. The maximum absolute atomic E-state index is 10.5. The number of hydrogen-bond acceptors (Lipinski definition) is 2. The Bertz CT molecular complexity index is 518. The number of benzene rings is 2. The van der Waals surface area contributed by atoms with Crippen molar-refractivity contribution in [2.24, 2.45) is 0 Å². The lowest BCUT2D eigenvalue weighted by Gasteiger charge is -2.02. The van der Waals surface area contributed by atoms with Crippen LogP contribution in [0.15, 0.2) is 48.5 Å². The Balaban J connectivity index is 2.13. The van der Waals surface area contributed by atoms with Gasteiger partial charge in [-0.1, -0.05) is 17.7 Å². The number of rotatable bonds is 3. The monoisotopic (exact) mass is 227 g/mol. The second-order valence-corrected chi connectivity index (χ2v) is 3.72. The summed E-state index contributed by atoms with van der Waals surface area (Å²) < 4.78 is 0. The molecule has 0 aliphatic rings. The lowest BCUT2D eigenvalue weighted by atomic mass is 10.2. The molecule has 0 aliphatic heterocycles. The van der Waals surface area contributed by atoms with E-state index in [4.69, 9.17) is 0 Å². The lowest BCUT2D eigenvalue weighted by Crippen LogP contribution is -1.90. The molecule has 2 aromatic carbocycles. The Morgan fingerprint density at radius 3 is 1.88 bits per heavy atom. The highest BCUT2D eigenvalue weighted by Gasteiger charge is 2.04. The average molecular weight is 227 g/mol. The molecule has 0 saturated carbocycles. The summed E-state index contributed by atoms with van der Waals surface area (Å²) in [6.07, 6.45) is 0. The Morgan fingerprint density at radius 1 is 0.941 bits per heavy atom. The number of hydrogen-bond donors (Lipinski definition) is 0. The lowest BCUT2D eigenvalue weighted by molar-refractivity contribution is -0.384. The van der Waals surface area contributed by atoms with Gasteiger partial charge in [0.15, 0.2) is 0 Å². The van der Waals surface area contributed by atoms with Gasteiger partial charge in [0.05, 0.1) is 16.3 Å². The summed E-state index contributed by atoms with van der Waals surface area (Å²) in [5.41, 5.74) is 2.80. The summed E-state index contributed by atoms with van der Waals surface area (Å²) in [6.45, 7) is 2.01. The van der Waals surface area contributed by atoms with Crippen LogP contribution in [-0.4, -0.2) is 4.92 Å². The second-order valence-electron chi connectivity index (χ2n) is 3.72. The number of non-ortho nitro benzene ring substituents is 1. The molecule has 0 saturated heterocycles. The van der Waals surface area contributed by atoms with Crippen LogP contribution >= 0.6 is 0 Å². The fraction of sp³-hybridized carbons (Fsp3) is 0.0769. The van der Waals surface area contributed by atoms with Crippen molar-refractivity contribution < 1.29 is 4.92 Å². The minimum Gasteiger partial charge on any atom is -0.258 e. The van der Waals surface area contributed by atoms with Gasteiger partial charge >= 0.3 is 0 Å². The van der Waals surface area contributed by atoms with Crippen LogP contribution in [0.5, 0.6) is 0 Å². The van der Waals surface area contributed by atoms with Crippen LogP contribution in [-0.2, 0) is 0 Å². The van der Waals surface area contributed by atoms with Crippen molar-refractivity contribution in [2.75, 3.05) is 0 Å². The molecule has 0 bridgehead atoms. The van der Waals surface area contributed by atoms with Crippen LogP contribution < -0.4 is 5.32 Å². The summed E-state index contributed by atoms with van der Waals surface area (Å²) in [4.78, 5) is 10.1. The molecule has 4 heteroatoms. The Morgan fingerprint density at radius 2 is 1.41 bits per heavy atom. The van der Waals surface area contributed by atoms with E-state index < -0.39 is 4.92 Å². The first kappa shape index (κ1) is 11.1. The molecule has 0 heterocycles. The standard InChI is InChI=1S/C13H11N2O2/c1-10-2-4-11(5-3-10)14-12-6-8-13(9-7-12)15(16)17/h2-9H,1H3. The second kappa shape index (κ2) is 4.65. The highest BCUT2D eigenvalue weighted by Crippen LogP contribution is 2.20. The molecule has 0 fully saturated rings. The summed E-state index contributed by atoms with van der Waals surface area (Å²) in [7, 11) is 0. The summed E-state index contributed by atoms with van der Waals surface area (Å²) >= 11 is 0. The van der Waals surface area contributed by atoms with Gasteiger partial charge in [-0.15, -0.1) is 0 Å². The van der Waals surface area contributed by atoms with E-state index in [1.807, 2.05) is 31.2 Å². The molecule has 0 N–H and O–H groups in total. The van der Waals surface area contributed by atoms with Gasteiger partial charge in [-0.05, 0) is 31.2 Å². The Labute approximate surface area is 99.1 Å². The molecule has 0 aliphatic carbocycles. The van der Waals surface area contributed by atoms with Crippen molar-refractivity contribution in [1.29, 1.82) is 0 Å². The zero-order valence-corrected chi connectivity index (χ0v) is 9.33. The molecule has 0 atom stereocenters. The SMILES string of the molecule is Cc1ccc([N]c2ccc([N+](=O)[O-])cc2)cc1. The van der Waals surface area contributed by atoms with Crippen molar-refractivity contribution in [3.8, 4) is 0 Å². The van der Waals surface area contributed by atoms with Gasteiger partial charge in [0.1, 0.15) is 0 Å². The van der Waals surface area contributed by atoms with Gasteiger partial charge in [0.2, 0.25) is 0 Å². The van der Waals surface area contributed by atoms with Crippen molar-refractivity contribution in [1.82, 2.24) is 5.32 Å². The summed E-state index contributed by atoms with van der Waals surface area (Å²) in [5.74, 6) is 0. The van der Waals surface area contributed by atoms with Crippen molar-refractivity contribution in [3.05, 3.63) is 64.2 Å². The van der Waals surface area contributed by atoms with Gasteiger partial charge in [-0.2, -0.15) is 0 Å². The molecular weight excluding hydrogens is 216 g/mol. The van der Waals surface area contributed by atoms with Crippen LogP contribution in [0.4, 0.5) is 17.1 Å². The molecule has 2 rings (SSSR count). The molecule has 0 unspecified atom stereocenters. The molecule has 2 aromatic rings. The molecule has 17 heavy (non-hydrogen) atoms. The normalized spacial score (nSPS) is 9.94. The number of nitrogens with zero attached hydrogens (tertiary/aromatic N) is 2. The number of aryl methyl sites for hydroxylation is 1. The first-order valence-electron chi connectivity index (χ1n) is 5.18. The van der Waals surface area contributed by atoms with Gasteiger partial charge in [-0.25, -0.2) is 5.32 Å². The van der Waals surface area contributed by atoms with E-state index in [9.17, 15) is 10.1 Å². The summed E-state index contributed by atoms with van der Waals surface area (Å²) in [6, 6.07) is 14.0. The molecule has 1 radical (unpaired) electrons. The smallest absolute Gasteiger partial charge is 0.258 e. The first-order valence-corrected chi connectivity index (χ1v) is 5.18. The van der Waals surface area contributed by atoms with Crippen LogP contribution in [0.3, 0.4) is 0 Å². The quantitative estimate of drug-likeness (QED) is 0.595. The van der Waals surface area contributed by atoms with E-state index in [1.165, 1.54) is 17.7 Å². The average Bonchev–Trinajstić information content (AvgIpc) is 2.33. The van der Waals surface area contributed by atoms with Gasteiger partial charge in [0, 0.05) is 12.1 Å². The third kappa shape index (κ3) is 2.81. The highest BCUT2D eigenvalue weighted by molar-refractivity contribution is 5.51. The largest absolute Gasteiger partial charge is 0.269 e. The molecular formula is C13H11N2O2. The van der Waals surface area contributed by atoms with E-state index in [-0.39, 0.29) is 5.69 Å². The highest BCUT2D eigenvalue weighted by atomic mass is 16.6. The maximum Gasteiger partial charge on any atom is 0.269 e. The Hall–Kier alpha value is -2.36. The first-order chi connectivity index (χ1) is 8.15. The van der Waals surface area contributed by atoms with Crippen LogP contribution in [0.1, 0.15) is 5.56 Å². The van der Waals surface area contributed by atoms with Gasteiger partial charge in [-0.3, -0.25) is 10.1 Å². The van der Waals surface area contributed by atoms with Crippen molar-refractivity contribution in [2.45, 2.75) is 6.92 Å². The maximum atomic E-state index is 10.5. The molecule has 0 aromatic heterocycles. The fourth-order valence-electron chi connectivity index (χ4n) is 1.42. The molecule has 0 spiro atoms. The molecule has 4 nitrogen and oxygen atoms in total. The van der Waals surface area contributed by atoms with E-state index in [0.717, 1.165) is 5.69 Å². The molecule has 0 amide bonds. The van der Waals surface area contributed by atoms with E-state index in [2.05, 4.69) is 5.32 Å². The van der Waals surface area contributed by atoms with E-state index >= 15 is 0 Å². The van der Waals surface area contributed by atoms with Crippen LogP contribution in [0, 0.1) is 17.0 Å². The molecule has 85 valence electrons. The zero-order chi connectivity index (χ0) is 12.3. The van der Waals surface area contributed by atoms with Crippen LogP contribution in [0.2, 0.25) is 0 Å². The third-order valence-corrected chi connectivity index (χ3v) is 2.35. The minimum absolute atomic E-state index is 0.0767. The van der Waals surface area contributed by atoms with E-state index in [1.54, 1.807) is 12.1 Å². The zero-order valence-electron chi connectivity index (χ0n) is 9.33. The topological polar surface area (TPSA) is 57.2 Å². The predicted molar refractivity (Wildman–Crippen MR) is 65.7 cm³/mol. The number of nitro groups is 1. The minimum atomic E-state index is -0.421. The fourth-order valence-corrected chi connectivity index (χ4v) is 1.42. The van der Waals surface area contributed by atoms with Crippen LogP contribution in [0.25, 0.3) is 0 Å². The van der Waals surface area contributed by atoms with E-state index in [0.29, 0.717) is 5.69 Å².